The second-order valence-corrected chi connectivity index (χ2v) is 4.81. The highest BCUT2D eigenvalue weighted by Gasteiger charge is 2.07. The number of hydrogen-bond acceptors (Lipinski definition) is 2. The molecule has 0 radical (unpaired) electrons. The lowest BCUT2D eigenvalue weighted by Crippen LogP contribution is -1.96. The molecule has 0 unspecified atom stereocenters. The normalized spacial score (nSPS) is 10.6. The molecular weight excluding hydrogens is 304 g/mol. The zero-order valence-corrected chi connectivity index (χ0v) is 12.1. The van der Waals surface area contributed by atoms with Crippen LogP contribution in [0.4, 0.5) is 0 Å². The van der Waals surface area contributed by atoms with Gasteiger partial charge in [0.15, 0.2) is 5.78 Å². The van der Waals surface area contributed by atoms with E-state index >= 15 is 0 Å². The summed E-state index contributed by atoms with van der Waals surface area (Å²) in [7, 11) is 1.60. The first-order valence-corrected chi connectivity index (χ1v) is 6.61. The van der Waals surface area contributed by atoms with Crippen LogP contribution in [0.3, 0.4) is 0 Å². The molecule has 0 fully saturated rings. The molecule has 3 heteroatoms. The van der Waals surface area contributed by atoms with Crippen molar-refractivity contribution in [2.75, 3.05) is 7.11 Å². The average molecular weight is 317 g/mol. The third-order valence-corrected chi connectivity index (χ3v) is 3.32. The van der Waals surface area contributed by atoms with Crippen LogP contribution in [0, 0.1) is 0 Å². The number of carbonyl (C=O) groups is 1. The van der Waals surface area contributed by atoms with Crippen molar-refractivity contribution in [3.05, 3.63) is 70.2 Å². The Hall–Kier alpha value is -1.87. The zero-order chi connectivity index (χ0) is 13.7. The second kappa shape index (κ2) is 6.34. The van der Waals surface area contributed by atoms with Gasteiger partial charge < -0.3 is 4.74 Å². The first-order valence-electron chi connectivity index (χ1n) is 5.81. The number of benzene rings is 2. The fourth-order valence-corrected chi connectivity index (χ4v) is 2.20. The summed E-state index contributed by atoms with van der Waals surface area (Å²) in [4.78, 5) is 12.1. The van der Waals surface area contributed by atoms with E-state index in [0.29, 0.717) is 5.56 Å². The molecule has 19 heavy (non-hydrogen) atoms. The van der Waals surface area contributed by atoms with Crippen LogP contribution >= 0.6 is 15.9 Å². The molecule has 96 valence electrons. The van der Waals surface area contributed by atoms with E-state index < -0.39 is 0 Å². The summed E-state index contributed by atoms with van der Waals surface area (Å²) < 4.78 is 5.83. The maximum Gasteiger partial charge on any atom is 0.186 e. The van der Waals surface area contributed by atoms with Crippen molar-refractivity contribution in [1.29, 1.82) is 0 Å². The van der Waals surface area contributed by atoms with Crippen molar-refractivity contribution in [2.45, 2.75) is 0 Å². The van der Waals surface area contributed by atoms with Crippen LogP contribution < -0.4 is 4.74 Å². The minimum atomic E-state index is -0.0432. The Bertz CT molecular complexity index is 603. The Labute approximate surface area is 120 Å². The van der Waals surface area contributed by atoms with E-state index in [1.165, 1.54) is 0 Å². The number of carbonyl (C=O) groups excluding carboxylic acids is 1. The number of hydrogen-bond donors (Lipinski definition) is 0. The molecule has 0 aromatic heterocycles. The van der Waals surface area contributed by atoms with E-state index in [4.69, 9.17) is 4.74 Å². The number of halogens is 1. The van der Waals surface area contributed by atoms with Crippen LogP contribution in [0.15, 0.2) is 59.1 Å². The van der Waals surface area contributed by atoms with Gasteiger partial charge in [-0.3, -0.25) is 4.79 Å². The molecule has 0 spiro atoms. The first-order chi connectivity index (χ1) is 9.20. The fraction of sp³-hybridized carbons (Fsp3) is 0.0625. The Kier molecular flexibility index (Phi) is 4.53. The maximum atomic E-state index is 12.1. The van der Waals surface area contributed by atoms with Gasteiger partial charge in [0.1, 0.15) is 5.75 Å². The van der Waals surface area contributed by atoms with Crippen molar-refractivity contribution < 1.29 is 9.53 Å². The van der Waals surface area contributed by atoms with E-state index in [2.05, 4.69) is 15.9 Å². The number of ketones is 1. The average Bonchev–Trinajstić information content (AvgIpc) is 2.45. The van der Waals surface area contributed by atoms with E-state index in [1.807, 2.05) is 30.3 Å². The standard InChI is InChI=1S/C16H13BrO2/c1-19-13-8-9-14(15(17)11-13)16(18)10-7-12-5-3-2-4-6-12/h2-11H,1H3/b10-7+. The topological polar surface area (TPSA) is 26.3 Å². The third kappa shape index (κ3) is 3.55. The molecule has 0 saturated heterocycles. The SMILES string of the molecule is COc1ccc(C(=O)/C=C/c2ccccc2)c(Br)c1. The van der Waals surface area contributed by atoms with Gasteiger partial charge in [-0.15, -0.1) is 0 Å². The Balaban J connectivity index is 2.19. The molecule has 0 N–H and O–H groups in total. The Morgan fingerprint density at radius 1 is 1.16 bits per heavy atom. The second-order valence-electron chi connectivity index (χ2n) is 3.95. The number of allylic oxidation sites excluding steroid dienone is 1. The van der Waals surface area contributed by atoms with Gasteiger partial charge >= 0.3 is 0 Å². The summed E-state index contributed by atoms with van der Waals surface area (Å²) in [6.45, 7) is 0. The van der Waals surface area contributed by atoms with Crippen LogP contribution in [-0.4, -0.2) is 12.9 Å². The van der Waals surface area contributed by atoms with E-state index in [1.54, 1.807) is 37.5 Å². The molecule has 0 aliphatic heterocycles. The quantitative estimate of drug-likeness (QED) is 0.619. The molecule has 0 aliphatic carbocycles. The van der Waals surface area contributed by atoms with Gasteiger partial charge in [-0.2, -0.15) is 0 Å². The van der Waals surface area contributed by atoms with Gasteiger partial charge in [0.05, 0.1) is 7.11 Å². The molecule has 2 aromatic carbocycles. The van der Waals surface area contributed by atoms with E-state index in [-0.39, 0.29) is 5.78 Å². The lowest BCUT2D eigenvalue weighted by Gasteiger charge is -2.03. The lowest BCUT2D eigenvalue weighted by molar-refractivity contribution is 0.104. The van der Waals surface area contributed by atoms with E-state index in [9.17, 15) is 4.79 Å². The minimum Gasteiger partial charge on any atom is -0.497 e. The Morgan fingerprint density at radius 2 is 1.89 bits per heavy atom. The summed E-state index contributed by atoms with van der Waals surface area (Å²) >= 11 is 3.38. The van der Waals surface area contributed by atoms with Gasteiger partial charge in [0.2, 0.25) is 0 Å². The Morgan fingerprint density at radius 3 is 2.53 bits per heavy atom. The highest BCUT2D eigenvalue weighted by atomic mass is 79.9. The van der Waals surface area contributed by atoms with Crippen molar-refractivity contribution in [2.24, 2.45) is 0 Å². The van der Waals surface area contributed by atoms with Crippen LogP contribution in [0.2, 0.25) is 0 Å². The summed E-state index contributed by atoms with van der Waals surface area (Å²) in [6.07, 6.45) is 3.38. The highest BCUT2D eigenvalue weighted by Crippen LogP contribution is 2.23. The van der Waals surface area contributed by atoms with Gasteiger partial charge in [-0.25, -0.2) is 0 Å². The molecule has 0 amide bonds. The first kappa shape index (κ1) is 13.6. The van der Waals surface area contributed by atoms with Crippen LogP contribution in [0.1, 0.15) is 15.9 Å². The molecule has 2 aromatic rings. The predicted octanol–water partition coefficient (Wildman–Crippen LogP) is 4.35. The molecule has 0 atom stereocenters. The van der Waals surface area contributed by atoms with Gasteiger partial charge in [0, 0.05) is 10.0 Å². The minimum absolute atomic E-state index is 0.0432. The number of methoxy groups -OCH3 is 1. The molecule has 0 saturated carbocycles. The van der Waals surface area contributed by atoms with Gasteiger partial charge in [-0.05, 0) is 45.8 Å². The van der Waals surface area contributed by atoms with Crippen LogP contribution in [0.5, 0.6) is 5.75 Å². The highest BCUT2D eigenvalue weighted by molar-refractivity contribution is 9.10. The summed E-state index contributed by atoms with van der Waals surface area (Å²) in [5.74, 6) is 0.675. The largest absolute Gasteiger partial charge is 0.497 e. The molecule has 0 heterocycles. The molecule has 0 bridgehead atoms. The van der Waals surface area contributed by atoms with Crippen molar-refractivity contribution in [3.63, 3.8) is 0 Å². The molecule has 0 aliphatic rings. The van der Waals surface area contributed by atoms with Crippen LogP contribution in [-0.2, 0) is 0 Å². The third-order valence-electron chi connectivity index (χ3n) is 2.67. The van der Waals surface area contributed by atoms with Crippen molar-refractivity contribution >= 4 is 27.8 Å². The van der Waals surface area contributed by atoms with E-state index in [0.717, 1.165) is 15.8 Å². The number of rotatable bonds is 4. The predicted molar refractivity (Wildman–Crippen MR) is 80.5 cm³/mol. The summed E-state index contributed by atoms with van der Waals surface area (Å²) in [5.41, 5.74) is 1.62. The molecule has 2 rings (SSSR count). The lowest BCUT2D eigenvalue weighted by atomic mass is 10.1. The maximum absolute atomic E-state index is 12.1. The van der Waals surface area contributed by atoms with Crippen LogP contribution in [0.25, 0.3) is 6.08 Å². The fourth-order valence-electron chi connectivity index (χ4n) is 1.65. The van der Waals surface area contributed by atoms with Crippen molar-refractivity contribution in [3.8, 4) is 5.75 Å². The molecular formula is C16H13BrO2. The monoisotopic (exact) mass is 316 g/mol. The van der Waals surface area contributed by atoms with Gasteiger partial charge in [0.25, 0.3) is 0 Å². The smallest absolute Gasteiger partial charge is 0.186 e. The van der Waals surface area contributed by atoms with Crippen molar-refractivity contribution in [1.82, 2.24) is 0 Å². The zero-order valence-electron chi connectivity index (χ0n) is 10.5. The number of ether oxygens (including phenoxy) is 1. The summed E-state index contributed by atoms with van der Waals surface area (Å²) in [6, 6.07) is 15.0. The van der Waals surface area contributed by atoms with Gasteiger partial charge in [-0.1, -0.05) is 36.4 Å². The summed E-state index contributed by atoms with van der Waals surface area (Å²) in [5, 5.41) is 0. The molecule has 2 nitrogen and oxygen atoms in total.